The molecular formula is C18H50O6S4Si6. The lowest BCUT2D eigenvalue weighted by Crippen LogP contribution is -2.38. The van der Waals surface area contributed by atoms with Gasteiger partial charge in [-0.15, -0.1) is 0 Å². The first-order valence-electron chi connectivity index (χ1n) is 12.6. The van der Waals surface area contributed by atoms with Crippen LogP contribution in [-0.2, 0) is 26.6 Å². The molecule has 0 saturated carbocycles. The van der Waals surface area contributed by atoms with Gasteiger partial charge in [0.25, 0.3) is 0 Å². The molecule has 16 heteroatoms. The molecule has 0 bridgehead atoms. The van der Waals surface area contributed by atoms with Crippen molar-refractivity contribution in [2.75, 3.05) is 51.1 Å². The predicted octanol–water partition coefficient (Wildman–Crippen LogP) is 1.31. The third kappa shape index (κ3) is 18.7. The minimum atomic E-state index is -0.593. The van der Waals surface area contributed by atoms with Crippen molar-refractivity contribution in [1.29, 1.82) is 0 Å². The first-order chi connectivity index (χ1) is 16.6. The maximum atomic E-state index is 6.02. The van der Waals surface area contributed by atoms with Crippen LogP contribution in [0.25, 0.3) is 0 Å². The second-order valence-corrected chi connectivity index (χ2v) is 33.5. The van der Waals surface area contributed by atoms with Crippen LogP contribution in [0.1, 0.15) is 54.4 Å². The summed E-state index contributed by atoms with van der Waals surface area (Å²) >= 11 is 0. The Morgan fingerprint density at radius 2 is 0.676 bits per heavy atom. The zero-order valence-electron chi connectivity index (χ0n) is 22.4. The van der Waals surface area contributed by atoms with Gasteiger partial charge < -0.3 is 26.6 Å². The zero-order chi connectivity index (χ0) is 25.4. The topological polar surface area (TPSA) is 55.4 Å². The van der Waals surface area contributed by atoms with Gasteiger partial charge in [0.2, 0.25) is 0 Å². The summed E-state index contributed by atoms with van der Waals surface area (Å²) in [5.41, 5.74) is 0. The minimum absolute atomic E-state index is 0.352. The predicted molar refractivity (Wildman–Crippen MR) is 176 cm³/mol. The molecule has 0 radical (unpaired) electrons. The fourth-order valence-corrected chi connectivity index (χ4v) is 24.1. The molecule has 0 aliphatic rings. The van der Waals surface area contributed by atoms with Crippen molar-refractivity contribution in [1.82, 2.24) is 0 Å². The maximum absolute atomic E-state index is 6.02. The van der Waals surface area contributed by atoms with Gasteiger partial charge in [0, 0.05) is 59.7 Å². The van der Waals surface area contributed by atoms with Crippen LogP contribution in [0.4, 0.5) is 0 Å². The maximum Gasteiger partial charge on any atom is 0.165 e. The molecule has 6 nitrogen and oxygen atoms in total. The van der Waals surface area contributed by atoms with Crippen molar-refractivity contribution < 1.29 is 26.6 Å². The van der Waals surface area contributed by atoms with Gasteiger partial charge in [-0.25, -0.2) is 0 Å². The summed E-state index contributed by atoms with van der Waals surface area (Å²) in [6, 6.07) is 0. The van der Waals surface area contributed by atoms with Crippen LogP contribution >= 0.6 is 41.2 Å². The molecule has 0 unspecified atom stereocenters. The van der Waals surface area contributed by atoms with E-state index in [2.05, 4.69) is 41.5 Å². The van der Waals surface area contributed by atoms with Gasteiger partial charge in [0.05, 0.1) is 0 Å². The Labute approximate surface area is 239 Å². The van der Waals surface area contributed by atoms with Crippen molar-refractivity contribution in [2.24, 2.45) is 0 Å². The molecule has 0 spiro atoms. The van der Waals surface area contributed by atoms with E-state index in [4.69, 9.17) is 26.6 Å². The SMILES string of the molecule is CCO[SiH2]C(CCSSSSCCC([SiH2]OCC)([SiH2]OCC)[SiH2]OCC)([SiH2]OCC)[SiH2]OCC. The average Bonchev–Trinajstić information content (AvgIpc) is 2.86. The van der Waals surface area contributed by atoms with E-state index >= 15 is 0 Å². The Morgan fingerprint density at radius 3 is 0.882 bits per heavy atom. The van der Waals surface area contributed by atoms with E-state index in [0.29, 0.717) is 8.57 Å². The fraction of sp³-hybridized carbons (Fsp3) is 1.00. The second-order valence-electron chi connectivity index (χ2n) is 8.10. The smallest absolute Gasteiger partial charge is 0.165 e. The van der Waals surface area contributed by atoms with Gasteiger partial charge in [0.1, 0.15) is 0 Å². The normalized spacial score (nSPS) is 17.5. The van der Waals surface area contributed by atoms with Crippen molar-refractivity contribution in [3.63, 3.8) is 0 Å². The van der Waals surface area contributed by atoms with Crippen LogP contribution in [0.15, 0.2) is 0 Å². The van der Waals surface area contributed by atoms with E-state index in [0.717, 1.165) is 51.1 Å². The number of hydrogen-bond donors (Lipinski definition) is 0. The number of hydrogen-bond acceptors (Lipinski definition) is 10. The Bertz CT molecular complexity index is 372. The first-order valence-corrected chi connectivity index (χ1v) is 25.5. The van der Waals surface area contributed by atoms with E-state index in [1.807, 2.05) is 41.2 Å². The molecule has 0 atom stereocenters. The quantitative estimate of drug-likeness (QED) is 0.0734. The van der Waals surface area contributed by atoms with Crippen LogP contribution in [-0.4, -0.2) is 110 Å². The van der Waals surface area contributed by atoms with Gasteiger partial charge >= 0.3 is 0 Å². The minimum Gasteiger partial charge on any atom is -0.424 e. The highest BCUT2D eigenvalue weighted by Gasteiger charge is 2.34. The molecule has 206 valence electrons. The first kappa shape index (κ1) is 36.5. The zero-order valence-corrected chi connectivity index (χ0v) is 34.1. The Kier molecular flexibility index (Phi) is 27.6. The van der Waals surface area contributed by atoms with Gasteiger partial charge in [-0.2, -0.15) is 0 Å². The fourth-order valence-electron chi connectivity index (χ4n) is 3.22. The summed E-state index contributed by atoms with van der Waals surface area (Å²) in [6.07, 6.45) is 2.42. The third-order valence-corrected chi connectivity index (χ3v) is 28.5. The molecule has 34 heavy (non-hydrogen) atoms. The van der Waals surface area contributed by atoms with Gasteiger partial charge in [0.15, 0.2) is 58.6 Å². The van der Waals surface area contributed by atoms with Gasteiger partial charge in [-0.3, -0.25) is 0 Å². The Morgan fingerprint density at radius 1 is 0.441 bits per heavy atom. The van der Waals surface area contributed by atoms with Crippen LogP contribution < -0.4 is 0 Å². The molecule has 0 fully saturated rings. The highest BCUT2D eigenvalue weighted by molar-refractivity contribution is 9.26. The average molecular weight is 659 g/mol. The monoisotopic (exact) mass is 658 g/mol. The molecule has 0 amide bonds. The van der Waals surface area contributed by atoms with E-state index in [-0.39, 0.29) is 0 Å². The highest BCUT2D eigenvalue weighted by Crippen LogP contribution is 2.46. The standard InChI is InChI=1S/C18H50O6S4Si6/c1-7-19-29-17(30-20-8-2,31-21-9-3)13-15-25-27-28-26-16-14-18(32-22-10-4,33-23-11-5)34-24-12-6/h7-16,29-34H2,1-6H3. The second kappa shape index (κ2) is 25.7. The molecular weight excluding hydrogens is 609 g/mol. The lowest BCUT2D eigenvalue weighted by Gasteiger charge is -2.31. The van der Waals surface area contributed by atoms with Crippen molar-refractivity contribution in [3.8, 4) is 0 Å². The largest absolute Gasteiger partial charge is 0.424 e. The molecule has 0 aromatic carbocycles. The van der Waals surface area contributed by atoms with Crippen LogP contribution in [0.5, 0.6) is 0 Å². The molecule has 0 saturated heterocycles. The van der Waals surface area contributed by atoms with E-state index < -0.39 is 58.6 Å². The molecule has 0 N–H and O–H groups in total. The van der Waals surface area contributed by atoms with E-state index in [9.17, 15) is 0 Å². The molecule has 0 aliphatic heterocycles. The summed E-state index contributed by atoms with van der Waals surface area (Å²) in [4.78, 5) is 0. The summed E-state index contributed by atoms with van der Waals surface area (Å²) in [6.45, 7) is 17.6. The molecule has 0 aromatic heterocycles. The summed E-state index contributed by atoms with van der Waals surface area (Å²) in [5, 5.41) is 0. The molecule has 0 rings (SSSR count). The van der Waals surface area contributed by atoms with Crippen molar-refractivity contribution in [2.45, 2.75) is 63.0 Å². The van der Waals surface area contributed by atoms with Crippen LogP contribution in [0, 0.1) is 0 Å². The van der Waals surface area contributed by atoms with E-state index in [1.54, 1.807) is 0 Å². The molecule has 0 aliphatic carbocycles. The molecule has 0 heterocycles. The summed E-state index contributed by atoms with van der Waals surface area (Å²) < 4.78 is 36.8. The van der Waals surface area contributed by atoms with Gasteiger partial charge in [-0.05, 0) is 74.0 Å². The van der Waals surface area contributed by atoms with Crippen molar-refractivity contribution >= 4 is 99.8 Å². The van der Waals surface area contributed by atoms with Crippen LogP contribution in [0.2, 0.25) is 8.57 Å². The van der Waals surface area contributed by atoms with Gasteiger partial charge in [-0.1, -0.05) is 21.6 Å². The Hall–Kier alpha value is 2.46. The number of rotatable bonds is 27. The highest BCUT2D eigenvalue weighted by atomic mass is 33.7. The third-order valence-electron chi connectivity index (χ3n) is 5.23. The van der Waals surface area contributed by atoms with E-state index in [1.165, 1.54) is 12.8 Å². The molecule has 0 aromatic rings. The summed E-state index contributed by atoms with van der Waals surface area (Å²) in [7, 11) is 4.29. The van der Waals surface area contributed by atoms with Crippen molar-refractivity contribution in [3.05, 3.63) is 0 Å². The lowest BCUT2D eigenvalue weighted by atomic mass is 10.5. The lowest BCUT2D eigenvalue weighted by molar-refractivity contribution is 0.316. The Balaban J connectivity index is 4.49. The summed E-state index contributed by atoms with van der Waals surface area (Å²) in [5.74, 6) is 2.32. The van der Waals surface area contributed by atoms with Crippen LogP contribution in [0.3, 0.4) is 0 Å².